The molecule has 8 nitrogen and oxygen atoms in total. The molecule has 9 heteroatoms. The number of halogens is 1. The SMILES string of the molecule is C=CC(=O)N1CCN2c3nc(=O)n(C4CC4)c4cc(-c5c(O)cccc5F)cc(c34)OCCC2C1. The van der Waals surface area contributed by atoms with Crippen LogP contribution in [0.2, 0.25) is 0 Å². The van der Waals surface area contributed by atoms with Crippen LogP contribution in [0.1, 0.15) is 25.3 Å². The predicted molar refractivity (Wildman–Crippen MR) is 129 cm³/mol. The van der Waals surface area contributed by atoms with Crippen molar-refractivity contribution in [2.45, 2.75) is 31.3 Å². The Bertz CT molecular complexity index is 1410. The molecule has 1 unspecified atom stereocenters. The normalized spacial score (nSPS) is 19.5. The van der Waals surface area contributed by atoms with E-state index in [2.05, 4.69) is 16.5 Å². The number of ether oxygens (including phenoxy) is 1. The highest BCUT2D eigenvalue weighted by Gasteiger charge is 2.35. The minimum Gasteiger partial charge on any atom is -0.507 e. The molecule has 0 spiro atoms. The van der Waals surface area contributed by atoms with E-state index in [1.54, 1.807) is 21.6 Å². The molecule has 1 saturated carbocycles. The minimum absolute atomic E-state index is 0.0321. The van der Waals surface area contributed by atoms with Gasteiger partial charge in [-0.3, -0.25) is 9.36 Å². The molecule has 1 amide bonds. The van der Waals surface area contributed by atoms with Gasteiger partial charge in [-0.05, 0) is 48.7 Å². The van der Waals surface area contributed by atoms with E-state index < -0.39 is 5.82 Å². The zero-order valence-electron chi connectivity index (χ0n) is 19.1. The number of hydrogen-bond acceptors (Lipinski definition) is 6. The van der Waals surface area contributed by atoms with Gasteiger partial charge in [0.05, 0.1) is 29.1 Å². The molecular formula is C26H25FN4O4. The highest BCUT2D eigenvalue weighted by molar-refractivity contribution is 5.99. The molecule has 0 bridgehead atoms. The molecule has 6 rings (SSSR count). The number of amides is 1. The summed E-state index contributed by atoms with van der Waals surface area (Å²) in [5.74, 6) is 0.168. The number of piperazine rings is 1. The fourth-order valence-corrected chi connectivity index (χ4v) is 5.28. The maximum Gasteiger partial charge on any atom is 0.350 e. The van der Waals surface area contributed by atoms with Crippen LogP contribution < -0.4 is 15.3 Å². The highest BCUT2D eigenvalue weighted by atomic mass is 19.1. The highest BCUT2D eigenvalue weighted by Crippen LogP contribution is 2.44. The zero-order valence-corrected chi connectivity index (χ0v) is 19.1. The molecule has 180 valence electrons. The van der Waals surface area contributed by atoms with Gasteiger partial charge in [-0.1, -0.05) is 12.6 Å². The van der Waals surface area contributed by atoms with Crippen LogP contribution in [0.25, 0.3) is 22.0 Å². The lowest BCUT2D eigenvalue weighted by molar-refractivity contribution is -0.126. The Labute approximate surface area is 200 Å². The van der Waals surface area contributed by atoms with Gasteiger partial charge in [-0.25, -0.2) is 9.18 Å². The topological polar surface area (TPSA) is 87.9 Å². The average Bonchev–Trinajstić information content (AvgIpc) is 3.67. The molecule has 35 heavy (non-hydrogen) atoms. The van der Waals surface area contributed by atoms with Gasteiger partial charge in [0.2, 0.25) is 5.91 Å². The molecule has 3 aliphatic rings. The number of phenolic OH excluding ortho intramolecular Hbond substituents is 1. The molecule has 0 radical (unpaired) electrons. The van der Waals surface area contributed by atoms with Crippen molar-refractivity contribution >= 4 is 22.6 Å². The smallest absolute Gasteiger partial charge is 0.350 e. The number of rotatable bonds is 3. The van der Waals surface area contributed by atoms with E-state index in [1.807, 2.05) is 0 Å². The summed E-state index contributed by atoms with van der Waals surface area (Å²) < 4.78 is 22.7. The number of hydrogen-bond donors (Lipinski definition) is 1. The summed E-state index contributed by atoms with van der Waals surface area (Å²) in [5, 5.41) is 11.1. The van der Waals surface area contributed by atoms with E-state index in [0.29, 0.717) is 60.7 Å². The molecular weight excluding hydrogens is 451 g/mol. The van der Waals surface area contributed by atoms with Gasteiger partial charge in [-0.2, -0.15) is 4.98 Å². The molecule has 2 fully saturated rings. The van der Waals surface area contributed by atoms with Gasteiger partial charge >= 0.3 is 5.69 Å². The Balaban J connectivity index is 1.58. The van der Waals surface area contributed by atoms with Crippen LogP contribution in [0.5, 0.6) is 11.5 Å². The molecule has 1 atom stereocenters. The van der Waals surface area contributed by atoms with Crippen molar-refractivity contribution in [1.82, 2.24) is 14.5 Å². The minimum atomic E-state index is -0.555. The third-order valence-corrected chi connectivity index (χ3v) is 7.11. The first kappa shape index (κ1) is 21.6. The second-order valence-electron chi connectivity index (χ2n) is 9.29. The van der Waals surface area contributed by atoms with Crippen LogP contribution in [0.3, 0.4) is 0 Å². The summed E-state index contributed by atoms with van der Waals surface area (Å²) in [7, 11) is 0. The second-order valence-corrected chi connectivity index (χ2v) is 9.29. The Morgan fingerprint density at radius 1 is 1.20 bits per heavy atom. The largest absolute Gasteiger partial charge is 0.507 e. The second kappa shape index (κ2) is 8.11. The van der Waals surface area contributed by atoms with Crippen molar-refractivity contribution in [3.8, 4) is 22.6 Å². The third-order valence-electron chi connectivity index (χ3n) is 7.11. The Morgan fingerprint density at radius 3 is 2.77 bits per heavy atom. The lowest BCUT2D eigenvalue weighted by Gasteiger charge is -2.43. The summed E-state index contributed by atoms with van der Waals surface area (Å²) in [5.41, 5.74) is 0.758. The van der Waals surface area contributed by atoms with Crippen LogP contribution in [-0.4, -0.2) is 57.7 Å². The molecule has 3 aromatic rings. The average molecular weight is 477 g/mol. The maximum atomic E-state index is 14.8. The van der Waals surface area contributed by atoms with E-state index in [1.165, 1.54) is 24.3 Å². The fraction of sp³-hybridized carbons (Fsp3) is 0.346. The van der Waals surface area contributed by atoms with Crippen LogP contribution in [0.4, 0.5) is 10.2 Å². The molecule has 2 aliphatic heterocycles. The quantitative estimate of drug-likeness (QED) is 0.584. The maximum absolute atomic E-state index is 14.8. The number of nitrogens with zero attached hydrogens (tertiary/aromatic N) is 4. The monoisotopic (exact) mass is 476 g/mol. The van der Waals surface area contributed by atoms with Gasteiger partial charge < -0.3 is 19.6 Å². The van der Waals surface area contributed by atoms with Gasteiger partial charge in [0.1, 0.15) is 23.1 Å². The van der Waals surface area contributed by atoms with Crippen molar-refractivity contribution in [2.75, 3.05) is 31.1 Å². The zero-order chi connectivity index (χ0) is 24.3. The Morgan fingerprint density at radius 2 is 2.03 bits per heavy atom. The third kappa shape index (κ3) is 3.53. The number of aromatic nitrogens is 2. The van der Waals surface area contributed by atoms with E-state index in [0.717, 1.165) is 12.8 Å². The van der Waals surface area contributed by atoms with Gasteiger partial charge in [-0.15, -0.1) is 0 Å². The van der Waals surface area contributed by atoms with Gasteiger partial charge in [0.25, 0.3) is 0 Å². The molecule has 1 saturated heterocycles. The van der Waals surface area contributed by atoms with Crippen molar-refractivity contribution in [3.05, 3.63) is 59.3 Å². The molecule has 2 aromatic carbocycles. The van der Waals surface area contributed by atoms with E-state index in [9.17, 15) is 19.1 Å². The Kier molecular flexibility index (Phi) is 5.01. The Hall–Kier alpha value is -3.88. The molecule has 1 N–H and O–H groups in total. The van der Waals surface area contributed by atoms with Crippen LogP contribution in [-0.2, 0) is 4.79 Å². The van der Waals surface area contributed by atoms with Gasteiger partial charge in [0, 0.05) is 32.1 Å². The summed E-state index contributed by atoms with van der Waals surface area (Å²) in [4.78, 5) is 33.9. The predicted octanol–water partition coefficient (Wildman–Crippen LogP) is 3.23. The lowest BCUT2D eigenvalue weighted by atomic mass is 9.99. The number of carbonyl (C=O) groups excluding carboxylic acids is 1. The van der Waals surface area contributed by atoms with E-state index in [-0.39, 0.29) is 35.0 Å². The number of benzene rings is 2. The molecule has 1 aromatic heterocycles. The summed E-state index contributed by atoms with van der Waals surface area (Å²) in [6.07, 6.45) is 3.67. The number of phenols is 1. The van der Waals surface area contributed by atoms with E-state index in [4.69, 9.17) is 4.74 Å². The molecule has 3 heterocycles. The number of anilines is 1. The summed E-state index contributed by atoms with van der Waals surface area (Å²) in [6, 6.07) is 7.61. The van der Waals surface area contributed by atoms with Crippen molar-refractivity contribution in [1.29, 1.82) is 0 Å². The van der Waals surface area contributed by atoms with Crippen LogP contribution in [0.15, 0.2) is 47.8 Å². The fourth-order valence-electron chi connectivity index (χ4n) is 5.28. The van der Waals surface area contributed by atoms with Crippen molar-refractivity contribution in [3.63, 3.8) is 0 Å². The number of fused-ring (bicyclic) bond motifs is 2. The standard InChI is InChI=1S/C26H25FN4O4/c1-2-22(33)29-9-10-30-17(14-29)8-11-35-21-13-15(23-18(27)4-3-5-20(23)32)12-19-24(21)25(30)28-26(34)31(19)16-6-7-16/h2-5,12-13,16-17,32H,1,6-11,14H2. The van der Waals surface area contributed by atoms with Gasteiger partial charge in [0.15, 0.2) is 0 Å². The van der Waals surface area contributed by atoms with Crippen LogP contribution in [0, 0.1) is 5.82 Å². The van der Waals surface area contributed by atoms with Crippen LogP contribution >= 0.6 is 0 Å². The first-order chi connectivity index (χ1) is 17.0. The van der Waals surface area contributed by atoms with Crippen molar-refractivity contribution < 1.29 is 19.0 Å². The number of aromatic hydroxyl groups is 1. The lowest BCUT2D eigenvalue weighted by Crippen LogP contribution is -2.56. The number of carbonyl (C=O) groups is 1. The first-order valence-corrected chi connectivity index (χ1v) is 11.8. The molecule has 1 aliphatic carbocycles. The summed E-state index contributed by atoms with van der Waals surface area (Å²) >= 11 is 0. The van der Waals surface area contributed by atoms with Crippen molar-refractivity contribution in [2.24, 2.45) is 0 Å². The first-order valence-electron chi connectivity index (χ1n) is 11.8. The van der Waals surface area contributed by atoms with E-state index >= 15 is 0 Å². The summed E-state index contributed by atoms with van der Waals surface area (Å²) in [6.45, 7) is 5.47.